The molecule has 0 aliphatic carbocycles. The maximum Gasteiger partial charge on any atom is 2.00 e. The van der Waals surface area contributed by atoms with Gasteiger partial charge in [0.05, 0.1) is 0 Å². The molecule has 4 aromatic carbocycles. The molecule has 0 heterocycles. The number of benzene rings is 4. The molecular weight excluding hydrogens is 581 g/mol. The molecule has 0 aliphatic rings. The third-order valence-corrected chi connectivity index (χ3v) is 23.0. The molecule has 4 aromatic rings. The Hall–Kier alpha value is -1.81. The fourth-order valence-corrected chi connectivity index (χ4v) is 22.3. The van der Waals surface area contributed by atoms with E-state index in [9.17, 15) is 0 Å². The minimum Gasteiger partial charge on any atom is -0.660 e. The first-order chi connectivity index (χ1) is 17.8. The Labute approximate surface area is 252 Å². The van der Waals surface area contributed by atoms with Gasteiger partial charge in [0, 0.05) is 0 Å². The quantitative estimate of drug-likeness (QED) is 0.186. The summed E-state index contributed by atoms with van der Waals surface area (Å²) in [6.07, 6.45) is 0. The molecule has 0 N–H and O–H groups in total. The Morgan fingerprint density at radius 3 is 0.615 bits per heavy atom. The molecule has 0 atom stereocenters. The standard InChI is InChI=1S/2C16H22NSi2.Fe/c2*1-18(2,15-11-7-5-8-12-15)17-19(3,4)16-13-9-6-10-14-16;/h2*5-14H,1-4H3;/q2*-1;+2. The molecule has 0 fully saturated rings. The molecule has 206 valence electrons. The third-order valence-electron chi connectivity index (χ3n) is 7.04. The third kappa shape index (κ3) is 9.65. The van der Waals surface area contributed by atoms with Gasteiger partial charge in [0.1, 0.15) is 0 Å². The minimum atomic E-state index is -1.71. The second-order valence-electron chi connectivity index (χ2n) is 11.9. The summed E-state index contributed by atoms with van der Waals surface area (Å²) < 4.78 is 10.7. The van der Waals surface area contributed by atoms with Crippen molar-refractivity contribution >= 4 is 53.7 Å². The second kappa shape index (κ2) is 14.2. The fraction of sp³-hybridized carbons (Fsp3) is 0.250. The van der Waals surface area contributed by atoms with Gasteiger partial charge in [-0.2, -0.15) is 0 Å². The zero-order valence-corrected chi connectivity index (χ0v) is 29.9. The van der Waals surface area contributed by atoms with E-state index in [1.165, 1.54) is 20.7 Å². The average molecular weight is 625 g/mol. The molecule has 0 unspecified atom stereocenters. The average Bonchev–Trinajstić information content (AvgIpc) is 2.90. The van der Waals surface area contributed by atoms with Crippen LogP contribution in [0.2, 0.25) is 52.4 Å². The van der Waals surface area contributed by atoms with Crippen LogP contribution in [0.4, 0.5) is 0 Å². The fourth-order valence-electron chi connectivity index (χ4n) is 5.04. The van der Waals surface area contributed by atoms with Gasteiger partial charge in [-0.25, -0.2) is 0 Å². The molecule has 2 nitrogen and oxygen atoms in total. The largest absolute Gasteiger partial charge is 2.00 e. The van der Waals surface area contributed by atoms with Gasteiger partial charge < -0.3 is 9.30 Å². The summed E-state index contributed by atoms with van der Waals surface area (Å²) in [6, 6.07) is 43.1. The first-order valence-electron chi connectivity index (χ1n) is 13.5. The topological polar surface area (TPSA) is 28.2 Å². The van der Waals surface area contributed by atoms with Gasteiger partial charge in [-0.05, 0) is 32.9 Å². The van der Waals surface area contributed by atoms with Crippen molar-refractivity contribution in [2.75, 3.05) is 0 Å². The van der Waals surface area contributed by atoms with Gasteiger partial charge in [-0.3, -0.25) is 0 Å². The van der Waals surface area contributed by atoms with Crippen molar-refractivity contribution in [2.24, 2.45) is 0 Å². The molecule has 39 heavy (non-hydrogen) atoms. The molecule has 0 saturated carbocycles. The van der Waals surface area contributed by atoms with E-state index in [1.807, 2.05) is 0 Å². The summed E-state index contributed by atoms with van der Waals surface area (Å²) in [5.41, 5.74) is 0. The normalized spacial score (nSPS) is 12.1. The van der Waals surface area contributed by atoms with Crippen LogP contribution in [0.15, 0.2) is 121 Å². The molecule has 0 aliphatic heterocycles. The summed E-state index contributed by atoms with van der Waals surface area (Å²) in [6.45, 7) is 18.8. The Kier molecular flexibility index (Phi) is 12.2. The van der Waals surface area contributed by atoms with Crippen molar-refractivity contribution in [3.8, 4) is 0 Å². The maximum atomic E-state index is 5.36. The summed E-state index contributed by atoms with van der Waals surface area (Å²) in [7, 11) is -6.84. The van der Waals surface area contributed by atoms with E-state index in [4.69, 9.17) is 9.30 Å². The Bertz CT molecular complexity index is 1050. The van der Waals surface area contributed by atoms with Gasteiger partial charge in [0.2, 0.25) is 0 Å². The van der Waals surface area contributed by atoms with Crippen LogP contribution in [-0.4, -0.2) is 32.9 Å². The SMILES string of the molecule is C[Si](C)([N-][Si](C)(C)c1ccccc1)c1ccccc1.C[Si](C)([N-][Si](C)(C)c1ccccc1)c1ccccc1.[Fe+2]. The van der Waals surface area contributed by atoms with Crippen LogP contribution in [0, 0.1) is 0 Å². The van der Waals surface area contributed by atoms with E-state index in [0.29, 0.717) is 0 Å². The zero-order valence-electron chi connectivity index (χ0n) is 24.8. The van der Waals surface area contributed by atoms with Crippen LogP contribution in [0.25, 0.3) is 9.30 Å². The zero-order chi connectivity index (χ0) is 27.9. The number of hydrogen-bond acceptors (Lipinski definition) is 0. The van der Waals surface area contributed by atoms with Crippen molar-refractivity contribution in [3.05, 3.63) is 131 Å². The molecule has 0 bridgehead atoms. The van der Waals surface area contributed by atoms with Gasteiger partial charge >= 0.3 is 17.1 Å². The number of hydrogen-bond donors (Lipinski definition) is 0. The van der Waals surface area contributed by atoms with Crippen molar-refractivity contribution in [1.29, 1.82) is 0 Å². The Morgan fingerprint density at radius 1 is 0.308 bits per heavy atom. The summed E-state index contributed by atoms with van der Waals surface area (Å²) in [4.78, 5) is 0. The van der Waals surface area contributed by atoms with E-state index < -0.39 is 32.9 Å². The Morgan fingerprint density at radius 2 is 0.462 bits per heavy atom. The van der Waals surface area contributed by atoms with E-state index >= 15 is 0 Å². The molecule has 4 rings (SSSR count). The summed E-state index contributed by atoms with van der Waals surface area (Å²) in [5.74, 6) is 0. The summed E-state index contributed by atoms with van der Waals surface area (Å²) in [5, 5.41) is 5.69. The molecule has 7 heteroatoms. The monoisotopic (exact) mass is 624 g/mol. The van der Waals surface area contributed by atoms with Crippen molar-refractivity contribution in [2.45, 2.75) is 52.4 Å². The smallest absolute Gasteiger partial charge is 0.660 e. The van der Waals surface area contributed by atoms with Crippen LogP contribution in [0.3, 0.4) is 0 Å². The molecule has 0 aromatic heterocycles. The molecule has 0 radical (unpaired) electrons. The predicted octanol–water partition coefficient (Wildman–Crippen LogP) is 7.17. The summed E-state index contributed by atoms with van der Waals surface area (Å²) >= 11 is 0. The molecule has 0 saturated heterocycles. The number of rotatable bonds is 8. The molecule has 0 amide bonds. The minimum absolute atomic E-state index is 0. The van der Waals surface area contributed by atoms with Crippen LogP contribution < -0.4 is 20.7 Å². The van der Waals surface area contributed by atoms with Crippen LogP contribution in [0.5, 0.6) is 0 Å². The van der Waals surface area contributed by atoms with Gasteiger partial charge in [-0.15, -0.1) is 0 Å². The van der Waals surface area contributed by atoms with Gasteiger partial charge in [0.25, 0.3) is 0 Å². The second-order valence-corrected chi connectivity index (χ2v) is 28.5. The van der Waals surface area contributed by atoms with Crippen molar-refractivity contribution < 1.29 is 17.1 Å². The van der Waals surface area contributed by atoms with E-state index in [0.717, 1.165) is 0 Å². The molecular formula is C32H44FeN2Si4. The first-order valence-corrected chi connectivity index (χ1v) is 25.3. The van der Waals surface area contributed by atoms with E-state index in [1.54, 1.807) is 0 Å². The van der Waals surface area contributed by atoms with Crippen LogP contribution in [-0.2, 0) is 17.1 Å². The van der Waals surface area contributed by atoms with Crippen molar-refractivity contribution in [3.63, 3.8) is 0 Å². The van der Waals surface area contributed by atoms with E-state index in [-0.39, 0.29) is 17.1 Å². The number of nitrogens with zero attached hydrogens (tertiary/aromatic N) is 2. The maximum absolute atomic E-state index is 5.36. The molecule has 0 spiro atoms. The van der Waals surface area contributed by atoms with Crippen molar-refractivity contribution in [1.82, 2.24) is 0 Å². The van der Waals surface area contributed by atoms with Crippen LogP contribution >= 0.6 is 0 Å². The van der Waals surface area contributed by atoms with Gasteiger partial charge in [-0.1, -0.05) is 194 Å². The predicted molar refractivity (Wildman–Crippen MR) is 181 cm³/mol. The Balaban J connectivity index is 0.000000267. The van der Waals surface area contributed by atoms with E-state index in [2.05, 4.69) is 174 Å². The van der Waals surface area contributed by atoms with Gasteiger partial charge in [0.15, 0.2) is 0 Å². The first kappa shape index (κ1) is 33.4. The van der Waals surface area contributed by atoms with Crippen LogP contribution in [0.1, 0.15) is 0 Å².